The Balaban J connectivity index is 2.47. The van der Waals surface area contributed by atoms with Crippen LogP contribution < -0.4 is 5.73 Å². The minimum atomic E-state index is -1.99. The van der Waals surface area contributed by atoms with E-state index in [1.165, 1.54) is 35.5 Å². The van der Waals surface area contributed by atoms with Gasteiger partial charge in [0.2, 0.25) is 0 Å². The van der Waals surface area contributed by atoms with Crippen molar-refractivity contribution in [2.24, 2.45) is 5.73 Å². The predicted molar refractivity (Wildman–Crippen MR) is 69.6 cm³/mol. The van der Waals surface area contributed by atoms with Crippen molar-refractivity contribution >= 4 is 29.1 Å². The van der Waals surface area contributed by atoms with E-state index in [0.717, 1.165) is 0 Å². The minimum absolute atomic E-state index is 0.147. The molecular formula is C11H10Cl2N4O2. The highest BCUT2D eigenvalue weighted by Gasteiger charge is 2.38. The van der Waals surface area contributed by atoms with Crippen LogP contribution in [0.25, 0.3) is 0 Å². The molecule has 0 aliphatic heterocycles. The maximum Gasteiger partial charge on any atom is 0.256 e. The molecule has 0 aliphatic rings. The quantitative estimate of drug-likeness (QED) is 0.879. The molecule has 2 aromatic rings. The van der Waals surface area contributed by atoms with Gasteiger partial charge in [0, 0.05) is 15.6 Å². The smallest absolute Gasteiger partial charge is 0.256 e. The molecule has 1 aromatic heterocycles. The first-order valence-electron chi connectivity index (χ1n) is 5.23. The summed E-state index contributed by atoms with van der Waals surface area (Å²) in [5, 5.41) is 14.9. The van der Waals surface area contributed by atoms with Gasteiger partial charge in [0.15, 0.2) is 5.60 Å². The molecule has 6 nitrogen and oxygen atoms in total. The second-order valence-electron chi connectivity index (χ2n) is 3.94. The minimum Gasteiger partial charge on any atom is -0.374 e. The molecule has 0 bridgehead atoms. The third kappa shape index (κ3) is 2.70. The van der Waals surface area contributed by atoms with Crippen molar-refractivity contribution in [1.29, 1.82) is 0 Å². The molecule has 2 rings (SSSR count). The number of aliphatic hydroxyl groups is 1. The SMILES string of the molecule is NC(=O)C(O)(Cn1cncn1)c1ccc(Cl)cc1Cl. The molecule has 100 valence electrons. The number of rotatable bonds is 4. The van der Waals surface area contributed by atoms with Gasteiger partial charge in [-0.05, 0) is 12.1 Å². The summed E-state index contributed by atoms with van der Waals surface area (Å²) >= 11 is 11.8. The summed E-state index contributed by atoms with van der Waals surface area (Å²) in [7, 11) is 0. The van der Waals surface area contributed by atoms with Crippen LogP contribution >= 0.6 is 23.2 Å². The molecule has 8 heteroatoms. The summed E-state index contributed by atoms with van der Waals surface area (Å²) in [6, 6.07) is 4.39. The lowest BCUT2D eigenvalue weighted by Crippen LogP contribution is -2.45. The van der Waals surface area contributed by atoms with Crippen molar-refractivity contribution in [3.8, 4) is 0 Å². The van der Waals surface area contributed by atoms with Crippen molar-refractivity contribution in [3.05, 3.63) is 46.5 Å². The Morgan fingerprint density at radius 2 is 2.21 bits per heavy atom. The van der Waals surface area contributed by atoms with Gasteiger partial charge in [-0.15, -0.1) is 0 Å². The molecule has 1 unspecified atom stereocenters. The largest absolute Gasteiger partial charge is 0.374 e. The zero-order chi connectivity index (χ0) is 14.0. The number of aromatic nitrogens is 3. The van der Waals surface area contributed by atoms with Gasteiger partial charge in [0.05, 0.1) is 6.54 Å². The molecule has 1 atom stereocenters. The summed E-state index contributed by atoms with van der Waals surface area (Å²) in [5.41, 5.74) is 3.46. The number of hydrogen-bond donors (Lipinski definition) is 2. The van der Waals surface area contributed by atoms with E-state index in [0.29, 0.717) is 5.02 Å². The fourth-order valence-electron chi connectivity index (χ4n) is 1.67. The van der Waals surface area contributed by atoms with E-state index in [1.807, 2.05) is 0 Å². The van der Waals surface area contributed by atoms with Gasteiger partial charge in [0.1, 0.15) is 12.7 Å². The summed E-state index contributed by atoms with van der Waals surface area (Å²) < 4.78 is 1.29. The zero-order valence-corrected chi connectivity index (χ0v) is 11.1. The van der Waals surface area contributed by atoms with Crippen LogP contribution in [-0.2, 0) is 16.9 Å². The molecule has 3 N–H and O–H groups in total. The van der Waals surface area contributed by atoms with Gasteiger partial charge in [-0.2, -0.15) is 5.10 Å². The van der Waals surface area contributed by atoms with Crippen LogP contribution in [0.15, 0.2) is 30.9 Å². The number of nitrogens with zero attached hydrogens (tertiary/aromatic N) is 3. The zero-order valence-electron chi connectivity index (χ0n) is 9.62. The average molecular weight is 301 g/mol. The fourth-order valence-corrected chi connectivity index (χ4v) is 2.23. The van der Waals surface area contributed by atoms with Crippen LogP contribution in [0.4, 0.5) is 0 Å². The molecule has 0 aliphatic carbocycles. The highest BCUT2D eigenvalue weighted by Crippen LogP contribution is 2.31. The molecule has 0 saturated carbocycles. The van der Waals surface area contributed by atoms with Crippen molar-refractivity contribution < 1.29 is 9.90 Å². The summed E-state index contributed by atoms with van der Waals surface area (Å²) in [5.74, 6) is -0.938. The summed E-state index contributed by atoms with van der Waals surface area (Å²) in [6.45, 7) is -0.191. The molecule has 1 amide bonds. The van der Waals surface area contributed by atoms with Crippen LogP contribution in [0, 0.1) is 0 Å². The van der Waals surface area contributed by atoms with E-state index in [-0.39, 0.29) is 17.1 Å². The van der Waals surface area contributed by atoms with E-state index in [9.17, 15) is 9.90 Å². The van der Waals surface area contributed by atoms with Crippen LogP contribution in [0.5, 0.6) is 0 Å². The van der Waals surface area contributed by atoms with Gasteiger partial charge in [-0.25, -0.2) is 9.67 Å². The normalized spacial score (nSPS) is 14.1. The first kappa shape index (κ1) is 13.8. The third-order valence-electron chi connectivity index (χ3n) is 2.64. The summed E-state index contributed by atoms with van der Waals surface area (Å²) in [6.07, 6.45) is 2.64. The Labute approximate surface area is 118 Å². The van der Waals surface area contributed by atoms with E-state index >= 15 is 0 Å². The fraction of sp³-hybridized carbons (Fsp3) is 0.182. The number of carbonyl (C=O) groups is 1. The second kappa shape index (κ2) is 5.16. The second-order valence-corrected chi connectivity index (χ2v) is 4.79. The number of amides is 1. The Morgan fingerprint density at radius 1 is 1.47 bits per heavy atom. The average Bonchev–Trinajstić information content (AvgIpc) is 2.81. The first-order chi connectivity index (χ1) is 8.93. The van der Waals surface area contributed by atoms with Crippen molar-refractivity contribution in [2.75, 3.05) is 0 Å². The number of hydrogen-bond acceptors (Lipinski definition) is 4. The molecule has 0 fully saturated rings. The topological polar surface area (TPSA) is 94.0 Å². The number of nitrogens with two attached hydrogens (primary N) is 1. The van der Waals surface area contributed by atoms with Gasteiger partial charge in [-0.1, -0.05) is 29.3 Å². The van der Waals surface area contributed by atoms with Crippen LogP contribution in [0.2, 0.25) is 10.0 Å². The first-order valence-corrected chi connectivity index (χ1v) is 5.99. The number of carbonyl (C=O) groups excluding carboxylic acids is 1. The maximum atomic E-state index is 11.6. The van der Waals surface area contributed by atoms with E-state index in [4.69, 9.17) is 28.9 Å². The third-order valence-corrected chi connectivity index (χ3v) is 3.19. The Bertz CT molecular complexity index is 603. The Hall–Kier alpha value is -1.63. The number of benzene rings is 1. The van der Waals surface area contributed by atoms with Crippen LogP contribution in [0.3, 0.4) is 0 Å². The van der Waals surface area contributed by atoms with E-state index in [2.05, 4.69) is 10.1 Å². The molecule has 1 aromatic carbocycles. The van der Waals surface area contributed by atoms with Crippen molar-refractivity contribution in [3.63, 3.8) is 0 Å². The lowest BCUT2D eigenvalue weighted by Gasteiger charge is -2.25. The van der Waals surface area contributed by atoms with Gasteiger partial charge in [-0.3, -0.25) is 4.79 Å². The monoisotopic (exact) mass is 300 g/mol. The van der Waals surface area contributed by atoms with E-state index in [1.54, 1.807) is 0 Å². The number of primary amides is 1. The Morgan fingerprint density at radius 3 is 2.74 bits per heavy atom. The predicted octanol–water partition coefficient (Wildman–Crippen LogP) is 0.958. The van der Waals surface area contributed by atoms with Crippen LogP contribution in [-0.4, -0.2) is 25.8 Å². The van der Waals surface area contributed by atoms with Gasteiger partial charge in [0.25, 0.3) is 5.91 Å². The molecule has 19 heavy (non-hydrogen) atoms. The van der Waals surface area contributed by atoms with Gasteiger partial charge < -0.3 is 10.8 Å². The lowest BCUT2D eigenvalue weighted by atomic mass is 9.93. The number of halogens is 2. The van der Waals surface area contributed by atoms with Gasteiger partial charge >= 0.3 is 0 Å². The molecular weight excluding hydrogens is 291 g/mol. The molecule has 0 saturated heterocycles. The summed E-state index contributed by atoms with van der Waals surface area (Å²) in [4.78, 5) is 15.3. The van der Waals surface area contributed by atoms with Crippen molar-refractivity contribution in [1.82, 2.24) is 14.8 Å². The van der Waals surface area contributed by atoms with Crippen molar-refractivity contribution in [2.45, 2.75) is 12.1 Å². The molecule has 0 radical (unpaired) electrons. The van der Waals surface area contributed by atoms with E-state index < -0.39 is 11.5 Å². The lowest BCUT2D eigenvalue weighted by molar-refractivity contribution is -0.139. The molecule has 0 spiro atoms. The Kier molecular flexibility index (Phi) is 3.75. The van der Waals surface area contributed by atoms with Crippen LogP contribution in [0.1, 0.15) is 5.56 Å². The molecule has 1 heterocycles. The maximum absolute atomic E-state index is 11.6. The highest BCUT2D eigenvalue weighted by molar-refractivity contribution is 6.35. The highest BCUT2D eigenvalue weighted by atomic mass is 35.5. The standard InChI is InChI=1S/C11H10Cl2N4O2/c12-7-1-2-8(9(13)3-7)11(19,10(14)18)4-17-6-15-5-16-17/h1-3,5-6,19H,4H2,(H2,14,18).